The molecular weight excluding hydrogens is 280 g/mol. The number of hydrogen-bond donors (Lipinski definition) is 0. The predicted molar refractivity (Wildman–Crippen MR) is 70.8 cm³/mol. The third-order valence-electron chi connectivity index (χ3n) is 2.88. The van der Waals surface area contributed by atoms with Crippen molar-refractivity contribution in [3.63, 3.8) is 0 Å². The Bertz CT molecular complexity index is 474. The maximum atomic E-state index is 5.32. The molecule has 3 nitrogen and oxygen atoms in total. The number of rotatable bonds is 4. The quantitative estimate of drug-likeness (QED) is 0.839. The molecule has 0 atom stereocenters. The summed E-state index contributed by atoms with van der Waals surface area (Å²) in [6, 6.07) is 7.90. The molecule has 0 amide bonds. The van der Waals surface area contributed by atoms with Gasteiger partial charge in [0.05, 0.1) is 0 Å². The minimum atomic E-state index is 0.367. The van der Waals surface area contributed by atoms with Crippen LogP contribution in [-0.4, -0.2) is 10.1 Å². The normalized spacial score (nSPS) is 11.1. The first kappa shape index (κ1) is 12.3. The SMILES string of the molecule is CCC(CC)c1nc(-c2ccc(Br)cc2)no1. The van der Waals surface area contributed by atoms with Crippen LogP contribution in [0.15, 0.2) is 33.3 Å². The van der Waals surface area contributed by atoms with Crippen LogP contribution in [0.4, 0.5) is 0 Å². The lowest BCUT2D eigenvalue weighted by atomic mass is 10.0. The smallest absolute Gasteiger partial charge is 0.230 e. The molecule has 0 saturated carbocycles. The van der Waals surface area contributed by atoms with E-state index in [-0.39, 0.29) is 0 Å². The highest BCUT2D eigenvalue weighted by Crippen LogP contribution is 2.24. The van der Waals surface area contributed by atoms with Crippen molar-refractivity contribution in [1.82, 2.24) is 10.1 Å². The van der Waals surface area contributed by atoms with Gasteiger partial charge in [-0.05, 0) is 37.1 Å². The summed E-state index contributed by atoms with van der Waals surface area (Å²) < 4.78 is 6.37. The summed E-state index contributed by atoms with van der Waals surface area (Å²) in [5.74, 6) is 1.78. The summed E-state index contributed by atoms with van der Waals surface area (Å²) in [6.07, 6.45) is 2.05. The van der Waals surface area contributed by atoms with Crippen LogP contribution < -0.4 is 0 Å². The van der Waals surface area contributed by atoms with E-state index in [0.29, 0.717) is 11.7 Å². The van der Waals surface area contributed by atoms with Gasteiger partial charge in [0, 0.05) is 16.0 Å². The number of hydrogen-bond acceptors (Lipinski definition) is 3. The highest BCUT2D eigenvalue weighted by atomic mass is 79.9. The van der Waals surface area contributed by atoms with Gasteiger partial charge in [0.25, 0.3) is 0 Å². The van der Waals surface area contributed by atoms with Crippen molar-refractivity contribution in [2.75, 3.05) is 0 Å². The Hall–Kier alpha value is -1.16. The van der Waals surface area contributed by atoms with Crippen molar-refractivity contribution in [3.8, 4) is 11.4 Å². The van der Waals surface area contributed by atoms with Gasteiger partial charge in [0.2, 0.25) is 11.7 Å². The highest BCUT2D eigenvalue weighted by molar-refractivity contribution is 9.10. The molecule has 4 heteroatoms. The van der Waals surface area contributed by atoms with E-state index in [4.69, 9.17) is 4.52 Å². The fourth-order valence-corrected chi connectivity index (χ4v) is 2.02. The zero-order valence-corrected chi connectivity index (χ0v) is 11.6. The topological polar surface area (TPSA) is 38.9 Å². The summed E-state index contributed by atoms with van der Waals surface area (Å²) in [4.78, 5) is 4.46. The molecule has 90 valence electrons. The third kappa shape index (κ3) is 2.75. The van der Waals surface area contributed by atoms with Gasteiger partial charge in [-0.15, -0.1) is 0 Å². The molecule has 0 aliphatic carbocycles. The van der Waals surface area contributed by atoms with Gasteiger partial charge in [-0.2, -0.15) is 4.98 Å². The van der Waals surface area contributed by atoms with Gasteiger partial charge in [-0.25, -0.2) is 0 Å². The van der Waals surface area contributed by atoms with Crippen LogP contribution in [0, 0.1) is 0 Å². The van der Waals surface area contributed by atoms with Gasteiger partial charge >= 0.3 is 0 Å². The number of benzene rings is 1. The zero-order valence-electron chi connectivity index (χ0n) is 9.98. The molecule has 0 N–H and O–H groups in total. The first-order chi connectivity index (χ1) is 8.24. The van der Waals surface area contributed by atoms with Gasteiger partial charge in [-0.1, -0.05) is 34.9 Å². The predicted octanol–water partition coefficient (Wildman–Crippen LogP) is 4.40. The van der Waals surface area contributed by atoms with Crippen molar-refractivity contribution in [2.45, 2.75) is 32.6 Å². The second kappa shape index (κ2) is 5.45. The van der Waals surface area contributed by atoms with Crippen LogP contribution in [0.3, 0.4) is 0 Å². The number of aromatic nitrogens is 2. The Kier molecular flexibility index (Phi) is 3.94. The van der Waals surface area contributed by atoms with E-state index in [9.17, 15) is 0 Å². The third-order valence-corrected chi connectivity index (χ3v) is 3.41. The zero-order chi connectivity index (χ0) is 12.3. The van der Waals surface area contributed by atoms with Gasteiger partial charge in [0.15, 0.2) is 0 Å². The van der Waals surface area contributed by atoms with Crippen molar-refractivity contribution in [3.05, 3.63) is 34.6 Å². The molecule has 0 spiro atoms. The molecule has 0 aliphatic heterocycles. The van der Waals surface area contributed by atoms with Gasteiger partial charge in [-0.3, -0.25) is 0 Å². The molecule has 0 saturated heterocycles. The summed E-state index contributed by atoms with van der Waals surface area (Å²) in [5, 5.41) is 4.03. The van der Waals surface area contributed by atoms with Crippen molar-refractivity contribution in [1.29, 1.82) is 0 Å². The van der Waals surface area contributed by atoms with Crippen LogP contribution in [0.2, 0.25) is 0 Å². The number of halogens is 1. The summed E-state index contributed by atoms with van der Waals surface area (Å²) in [7, 11) is 0. The fraction of sp³-hybridized carbons (Fsp3) is 0.385. The molecule has 1 aromatic heterocycles. The average molecular weight is 295 g/mol. The van der Waals surface area contributed by atoms with E-state index < -0.39 is 0 Å². The van der Waals surface area contributed by atoms with E-state index in [2.05, 4.69) is 39.9 Å². The molecule has 17 heavy (non-hydrogen) atoms. The monoisotopic (exact) mass is 294 g/mol. The minimum absolute atomic E-state index is 0.367. The first-order valence-corrected chi connectivity index (χ1v) is 6.63. The Labute approximate surface area is 109 Å². The number of nitrogens with zero attached hydrogens (tertiary/aromatic N) is 2. The van der Waals surface area contributed by atoms with E-state index in [1.54, 1.807) is 0 Å². The van der Waals surface area contributed by atoms with Gasteiger partial charge in [0.1, 0.15) is 0 Å². The Morgan fingerprint density at radius 3 is 2.41 bits per heavy atom. The first-order valence-electron chi connectivity index (χ1n) is 5.84. The Morgan fingerprint density at radius 2 is 1.82 bits per heavy atom. The molecule has 1 heterocycles. The van der Waals surface area contributed by atoms with Crippen LogP contribution in [0.25, 0.3) is 11.4 Å². The molecule has 0 bridgehead atoms. The molecular formula is C13H15BrN2O. The summed E-state index contributed by atoms with van der Waals surface area (Å²) in [5.41, 5.74) is 0.981. The molecule has 0 unspecified atom stereocenters. The highest BCUT2D eigenvalue weighted by Gasteiger charge is 2.15. The molecule has 2 rings (SSSR count). The molecule has 1 aromatic carbocycles. The van der Waals surface area contributed by atoms with Crippen molar-refractivity contribution < 1.29 is 4.52 Å². The fourth-order valence-electron chi connectivity index (χ4n) is 1.76. The molecule has 2 aromatic rings. The average Bonchev–Trinajstić information content (AvgIpc) is 2.81. The van der Waals surface area contributed by atoms with E-state index >= 15 is 0 Å². The van der Waals surface area contributed by atoms with Crippen molar-refractivity contribution in [2.24, 2.45) is 0 Å². The lowest BCUT2D eigenvalue weighted by molar-refractivity contribution is 0.346. The second-order valence-electron chi connectivity index (χ2n) is 3.98. The molecule has 0 aliphatic rings. The van der Waals surface area contributed by atoms with Crippen LogP contribution in [0.1, 0.15) is 38.5 Å². The Balaban J connectivity index is 2.26. The summed E-state index contributed by atoms with van der Waals surface area (Å²) >= 11 is 3.40. The van der Waals surface area contributed by atoms with E-state index in [1.807, 2.05) is 24.3 Å². The van der Waals surface area contributed by atoms with Crippen LogP contribution in [0.5, 0.6) is 0 Å². The van der Waals surface area contributed by atoms with Gasteiger partial charge < -0.3 is 4.52 Å². The summed E-state index contributed by atoms with van der Waals surface area (Å²) in [6.45, 7) is 4.27. The molecule has 0 radical (unpaired) electrons. The van der Waals surface area contributed by atoms with Crippen LogP contribution in [-0.2, 0) is 0 Å². The molecule has 0 fully saturated rings. The van der Waals surface area contributed by atoms with E-state index in [1.165, 1.54) is 0 Å². The maximum Gasteiger partial charge on any atom is 0.230 e. The largest absolute Gasteiger partial charge is 0.339 e. The van der Waals surface area contributed by atoms with E-state index in [0.717, 1.165) is 28.8 Å². The second-order valence-corrected chi connectivity index (χ2v) is 4.89. The lowest BCUT2D eigenvalue weighted by Crippen LogP contribution is -1.95. The standard InChI is InChI=1S/C13H15BrN2O/c1-3-9(4-2)13-15-12(16-17-13)10-5-7-11(14)8-6-10/h5-9H,3-4H2,1-2H3. The maximum absolute atomic E-state index is 5.32. The minimum Gasteiger partial charge on any atom is -0.339 e. The van der Waals surface area contributed by atoms with Crippen molar-refractivity contribution >= 4 is 15.9 Å². The Morgan fingerprint density at radius 1 is 1.18 bits per heavy atom. The van der Waals surface area contributed by atoms with Crippen LogP contribution >= 0.6 is 15.9 Å². The lowest BCUT2D eigenvalue weighted by Gasteiger charge is -2.04.